The molecule has 2 bridgehead atoms. The third-order valence-electron chi connectivity index (χ3n) is 14.7. The first-order chi connectivity index (χ1) is 28.0. The molecule has 1 heteroatoms. The number of benzene rings is 7. The summed E-state index contributed by atoms with van der Waals surface area (Å²) in [4.78, 5) is 2.50. The molecule has 0 aromatic heterocycles. The van der Waals surface area contributed by atoms with Gasteiger partial charge in [-0.05, 0) is 171 Å². The average Bonchev–Trinajstić information content (AvgIpc) is 3.97. The summed E-state index contributed by atoms with van der Waals surface area (Å²) in [5, 5.41) is 2.53. The summed E-state index contributed by atoms with van der Waals surface area (Å²) < 4.78 is 0. The maximum absolute atomic E-state index is 2.53. The van der Waals surface area contributed by atoms with Crippen molar-refractivity contribution in [2.75, 3.05) is 4.90 Å². The summed E-state index contributed by atoms with van der Waals surface area (Å²) in [7, 11) is 0. The second-order valence-electron chi connectivity index (χ2n) is 18.3. The van der Waals surface area contributed by atoms with Gasteiger partial charge in [-0.2, -0.15) is 0 Å². The van der Waals surface area contributed by atoms with Gasteiger partial charge in [0.2, 0.25) is 0 Å². The largest absolute Gasteiger partial charge is 0.310 e. The Bertz CT molecular complexity index is 2590. The summed E-state index contributed by atoms with van der Waals surface area (Å²) in [6.45, 7) is 4.91. The molecule has 4 aliphatic rings. The van der Waals surface area contributed by atoms with Gasteiger partial charge in [0.05, 0.1) is 0 Å². The maximum Gasteiger partial charge on any atom is 0.0465 e. The zero-order chi connectivity index (χ0) is 38.1. The summed E-state index contributed by atoms with van der Waals surface area (Å²) in [5.74, 6) is 3.19. The van der Waals surface area contributed by atoms with Gasteiger partial charge in [-0.25, -0.2) is 0 Å². The molecule has 0 radical (unpaired) electrons. The Balaban J connectivity index is 1.02. The minimum Gasteiger partial charge on any atom is -0.310 e. The van der Waals surface area contributed by atoms with Crippen LogP contribution in [0.25, 0.3) is 44.2 Å². The van der Waals surface area contributed by atoms with Crippen molar-refractivity contribution >= 4 is 27.8 Å². The molecule has 0 N–H and O–H groups in total. The van der Waals surface area contributed by atoms with E-state index in [1.165, 1.54) is 130 Å². The van der Waals surface area contributed by atoms with Crippen LogP contribution >= 0.6 is 0 Å². The van der Waals surface area contributed by atoms with Crippen LogP contribution in [0.1, 0.15) is 106 Å². The van der Waals surface area contributed by atoms with Crippen molar-refractivity contribution in [2.24, 2.45) is 11.8 Å². The van der Waals surface area contributed by atoms with E-state index in [0.29, 0.717) is 11.8 Å². The number of fused-ring (bicyclic) bond motifs is 6. The average molecular weight is 740 g/mol. The van der Waals surface area contributed by atoms with Crippen LogP contribution in [0.4, 0.5) is 17.1 Å². The van der Waals surface area contributed by atoms with Gasteiger partial charge in [-0.3, -0.25) is 0 Å². The lowest BCUT2D eigenvalue weighted by Gasteiger charge is -2.29. The van der Waals surface area contributed by atoms with E-state index in [9.17, 15) is 0 Å². The smallest absolute Gasteiger partial charge is 0.0465 e. The fourth-order valence-corrected chi connectivity index (χ4v) is 11.8. The molecule has 0 heterocycles. The monoisotopic (exact) mass is 739 g/mol. The first kappa shape index (κ1) is 34.8. The number of nitrogens with zero attached hydrogens (tertiary/aromatic N) is 1. The van der Waals surface area contributed by atoms with Crippen LogP contribution in [0.5, 0.6) is 0 Å². The van der Waals surface area contributed by atoms with Crippen LogP contribution in [-0.2, 0) is 5.41 Å². The van der Waals surface area contributed by atoms with Crippen LogP contribution in [-0.4, -0.2) is 0 Å². The van der Waals surface area contributed by atoms with Gasteiger partial charge in [0, 0.05) is 22.5 Å². The van der Waals surface area contributed by atoms with E-state index in [1.807, 2.05) is 0 Å². The molecule has 11 rings (SSSR count). The van der Waals surface area contributed by atoms with Crippen LogP contribution in [0, 0.1) is 11.8 Å². The Hall–Kier alpha value is -5.40. The number of anilines is 3. The van der Waals surface area contributed by atoms with Crippen LogP contribution in [0.15, 0.2) is 152 Å². The van der Waals surface area contributed by atoms with Crippen LogP contribution < -0.4 is 4.90 Å². The standard InChI is InChI=1S/C56H53N/c1-56(2)53-19-11-18-48(50-33-37-20-21-44(50)32-37)55(53)49-31-30-47(36-54(49)56)57(45-26-22-39(23-27-45)38-12-5-3-6-13-38)46-28-24-41(25-29-46)52-35-43-17-10-9-16-42(43)34-51(52)40-14-7-4-8-15-40/h4,7-11,14-19,22-31,34-38,44,50H,3,5-6,12-13,20-21,32-33H2,1-2H3. The molecule has 7 aromatic carbocycles. The topological polar surface area (TPSA) is 3.24 Å². The number of hydrogen-bond acceptors (Lipinski definition) is 1. The van der Waals surface area contributed by atoms with Crippen molar-refractivity contribution in [2.45, 2.75) is 88.9 Å². The van der Waals surface area contributed by atoms with Crippen molar-refractivity contribution < 1.29 is 0 Å². The number of rotatable bonds is 7. The van der Waals surface area contributed by atoms with Crippen molar-refractivity contribution in [1.82, 2.24) is 0 Å². The van der Waals surface area contributed by atoms with Crippen molar-refractivity contribution in [1.29, 1.82) is 0 Å². The van der Waals surface area contributed by atoms with E-state index in [4.69, 9.17) is 0 Å². The van der Waals surface area contributed by atoms with Gasteiger partial charge in [0.1, 0.15) is 0 Å². The highest BCUT2D eigenvalue weighted by molar-refractivity contribution is 5.97. The molecule has 4 aliphatic carbocycles. The lowest BCUT2D eigenvalue weighted by atomic mass is 9.78. The summed E-state index contributed by atoms with van der Waals surface area (Å²) in [6, 6.07) is 57.9. The SMILES string of the molecule is CC1(C)c2cc(N(c3ccc(-c4cc5ccccc5cc4-c4ccccc4)cc3)c3ccc(C4CCCCC4)cc3)ccc2-c2c(C3CC4CCC3C4)cccc21. The van der Waals surface area contributed by atoms with E-state index in [2.05, 4.69) is 170 Å². The fraction of sp³-hybridized carbons (Fsp3) is 0.286. The second kappa shape index (κ2) is 13.9. The van der Waals surface area contributed by atoms with Crippen molar-refractivity contribution in [3.8, 4) is 33.4 Å². The third-order valence-corrected chi connectivity index (χ3v) is 14.7. The predicted molar refractivity (Wildman–Crippen MR) is 241 cm³/mol. The van der Waals surface area contributed by atoms with Crippen LogP contribution in [0.3, 0.4) is 0 Å². The molecule has 0 amide bonds. The van der Waals surface area contributed by atoms with Gasteiger partial charge < -0.3 is 4.90 Å². The van der Waals surface area contributed by atoms with Gasteiger partial charge in [-0.1, -0.05) is 143 Å². The summed E-state index contributed by atoms with van der Waals surface area (Å²) >= 11 is 0. The summed E-state index contributed by atoms with van der Waals surface area (Å²) in [6.07, 6.45) is 12.4. The maximum atomic E-state index is 2.53. The highest BCUT2D eigenvalue weighted by Crippen LogP contribution is 2.58. The molecule has 57 heavy (non-hydrogen) atoms. The molecule has 0 saturated heterocycles. The molecule has 0 aliphatic heterocycles. The second-order valence-corrected chi connectivity index (χ2v) is 18.3. The molecule has 3 atom stereocenters. The zero-order valence-corrected chi connectivity index (χ0v) is 33.6. The molecule has 3 unspecified atom stereocenters. The molecule has 3 saturated carbocycles. The molecule has 0 spiro atoms. The quantitative estimate of drug-likeness (QED) is 0.157. The van der Waals surface area contributed by atoms with Gasteiger partial charge in [0.25, 0.3) is 0 Å². The first-order valence-corrected chi connectivity index (χ1v) is 21.9. The molecule has 3 fully saturated rings. The normalized spacial score (nSPS) is 20.8. The van der Waals surface area contributed by atoms with E-state index < -0.39 is 0 Å². The van der Waals surface area contributed by atoms with Crippen molar-refractivity contribution in [3.63, 3.8) is 0 Å². The first-order valence-electron chi connectivity index (χ1n) is 21.9. The Kier molecular flexibility index (Phi) is 8.50. The van der Waals surface area contributed by atoms with Gasteiger partial charge in [0.15, 0.2) is 0 Å². The lowest BCUT2D eigenvalue weighted by Crippen LogP contribution is -2.17. The minimum absolute atomic E-state index is 0.0708. The zero-order valence-electron chi connectivity index (χ0n) is 33.6. The van der Waals surface area contributed by atoms with E-state index in [-0.39, 0.29) is 5.41 Å². The highest BCUT2D eigenvalue weighted by atomic mass is 15.1. The Labute approximate surface area is 339 Å². The molecule has 282 valence electrons. The molecular formula is C56H53N. The molecule has 7 aromatic rings. The molecular weight excluding hydrogens is 687 g/mol. The van der Waals surface area contributed by atoms with Crippen molar-refractivity contribution in [3.05, 3.63) is 174 Å². The molecule has 1 nitrogen and oxygen atoms in total. The van der Waals surface area contributed by atoms with Gasteiger partial charge >= 0.3 is 0 Å². The van der Waals surface area contributed by atoms with Gasteiger partial charge in [-0.15, -0.1) is 0 Å². The van der Waals surface area contributed by atoms with E-state index in [0.717, 1.165) is 11.8 Å². The Morgan fingerprint density at radius 1 is 0.491 bits per heavy atom. The fourth-order valence-electron chi connectivity index (χ4n) is 11.8. The summed E-state index contributed by atoms with van der Waals surface area (Å²) in [5.41, 5.74) is 17.6. The van der Waals surface area contributed by atoms with E-state index in [1.54, 1.807) is 11.1 Å². The lowest BCUT2D eigenvalue weighted by molar-refractivity contribution is 0.420. The minimum atomic E-state index is -0.0708. The highest BCUT2D eigenvalue weighted by Gasteiger charge is 2.44. The third kappa shape index (κ3) is 5.96. The Morgan fingerprint density at radius 3 is 1.81 bits per heavy atom. The number of hydrogen-bond donors (Lipinski definition) is 0. The van der Waals surface area contributed by atoms with Crippen LogP contribution in [0.2, 0.25) is 0 Å². The Morgan fingerprint density at radius 2 is 1.14 bits per heavy atom. The predicted octanol–water partition coefficient (Wildman–Crippen LogP) is 15.9. The van der Waals surface area contributed by atoms with E-state index >= 15 is 0 Å².